The van der Waals surface area contributed by atoms with Gasteiger partial charge in [0.15, 0.2) is 0 Å². The highest BCUT2D eigenvalue weighted by Crippen LogP contribution is 2.29. The number of rotatable bonds is 4. The number of benzene rings is 1. The minimum absolute atomic E-state index is 0.0921. The summed E-state index contributed by atoms with van der Waals surface area (Å²) in [6, 6.07) is 7.10. The number of ether oxygens (including phenoxy) is 1. The summed E-state index contributed by atoms with van der Waals surface area (Å²) in [7, 11) is 1.62. The van der Waals surface area contributed by atoms with Gasteiger partial charge in [-0.3, -0.25) is 10.1 Å². The zero-order valence-electron chi connectivity index (χ0n) is 9.83. The molecule has 0 unspecified atom stereocenters. The lowest BCUT2D eigenvalue weighted by Gasteiger charge is -2.06. The van der Waals surface area contributed by atoms with E-state index in [0.29, 0.717) is 5.75 Å². The van der Waals surface area contributed by atoms with Crippen molar-refractivity contribution >= 4 is 34.2 Å². The SMILES string of the molecule is CNc1ncc([N+](=O)[O-])c(Oc2ccc(I)cc2)n1. The predicted molar refractivity (Wildman–Crippen MR) is 77.5 cm³/mol. The molecule has 2 rings (SSSR count). The van der Waals surface area contributed by atoms with Crippen molar-refractivity contribution in [1.29, 1.82) is 0 Å². The largest absolute Gasteiger partial charge is 0.434 e. The number of nitrogens with zero attached hydrogens (tertiary/aromatic N) is 3. The van der Waals surface area contributed by atoms with Crippen molar-refractivity contribution in [3.63, 3.8) is 0 Å². The van der Waals surface area contributed by atoms with Crippen molar-refractivity contribution in [3.05, 3.63) is 44.1 Å². The van der Waals surface area contributed by atoms with Crippen LogP contribution in [0.15, 0.2) is 30.5 Å². The highest BCUT2D eigenvalue weighted by molar-refractivity contribution is 14.1. The normalized spacial score (nSPS) is 10.0. The molecule has 0 aliphatic rings. The maximum absolute atomic E-state index is 10.9. The molecule has 19 heavy (non-hydrogen) atoms. The van der Waals surface area contributed by atoms with Crippen LogP contribution in [0.2, 0.25) is 0 Å². The highest BCUT2D eigenvalue weighted by atomic mass is 127. The van der Waals surface area contributed by atoms with Gasteiger partial charge in [-0.15, -0.1) is 0 Å². The van der Waals surface area contributed by atoms with E-state index in [9.17, 15) is 10.1 Å². The van der Waals surface area contributed by atoms with E-state index in [4.69, 9.17) is 4.74 Å². The first-order valence-electron chi connectivity index (χ1n) is 5.23. The van der Waals surface area contributed by atoms with E-state index in [-0.39, 0.29) is 17.5 Å². The molecule has 0 spiro atoms. The number of anilines is 1. The van der Waals surface area contributed by atoms with Crippen LogP contribution in [0.1, 0.15) is 0 Å². The topological polar surface area (TPSA) is 90.2 Å². The summed E-state index contributed by atoms with van der Waals surface area (Å²) in [6.07, 6.45) is 1.11. The molecular formula is C11H9IN4O3. The zero-order valence-corrected chi connectivity index (χ0v) is 12.0. The second-order valence-electron chi connectivity index (χ2n) is 3.45. The highest BCUT2D eigenvalue weighted by Gasteiger charge is 2.19. The molecule has 1 aromatic heterocycles. The molecule has 1 aromatic carbocycles. The molecule has 2 aromatic rings. The van der Waals surface area contributed by atoms with Gasteiger partial charge in [0.25, 0.3) is 0 Å². The Hall–Kier alpha value is -1.97. The van der Waals surface area contributed by atoms with Crippen LogP contribution in [0.3, 0.4) is 0 Å². The van der Waals surface area contributed by atoms with E-state index >= 15 is 0 Å². The van der Waals surface area contributed by atoms with Crippen LogP contribution < -0.4 is 10.1 Å². The number of aromatic nitrogens is 2. The maximum atomic E-state index is 10.9. The Morgan fingerprint density at radius 3 is 2.63 bits per heavy atom. The van der Waals surface area contributed by atoms with Crippen LogP contribution in [-0.2, 0) is 0 Å². The van der Waals surface area contributed by atoms with Crippen LogP contribution in [0.5, 0.6) is 11.6 Å². The van der Waals surface area contributed by atoms with Crippen molar-refractivity contribution in [2.45, 2.75) is 0 Å². The smallest absolute Gasteiger partial charge is 0.349 e. The molecule has 0 radical (unpaired) electrons. The van der Waals surface area contributed by atoms with Crippen LogP contribution in [0.4, 0.5) is 11.6 Å². The molecular weight excluding hydrogens is 363 g/mol. The van der Waals surface area contributed by atoms with Crippen LogP contribution in [-0.4, -0.2) is 21.9 Å². The second-order valence-corrected chi connectivity index (χ2v) is 4.69. The van der Waals surface area contributed by atoms with E-state index in [1.54, 1.807) is 19.2 Å². The standard InChI is InChI=1S/C11H9IN4O3/c1-13-11-14-6-9(16(17)18)10(15-11)19-8-4-2-7(12)3-5-8/h2-6H,1H3,(H,13,14,15). The molecule has 98 valence electrons. The van der Waals surface area contributed by atoms with Crippen LogP contribution >= 0.6 is 22.6 Å². The van der Waals surface area contributed by atoms with Gasteiger partial charge < -0.3 is 10.1 Å². The molecule has 1 heterocycles. The molecule has 0 bridgehead atoms. The quantitative estimate of drug-likeness (QED) is 0.504. The fraction of sp³-hybridized carbons (Fsp3) is 0.0909. The lowest BCUT2D eigenvalue weighted by Crippen LogP contribution is -2.01. The van der Waals surface area contributed by atoms with Crippen molar-refractivity contribution in [2.24, 2.45) is 0 Å². The molecule has 0 aliphatic heterocycles. The average molecular weight is 372 g/mol. The predicted octanol–water partition coefficient (Wildman–Crippen LogP) is 2.82. The monoisotopic (exact) mass is 372 g/mol. The molecule has 8 heteroatoms. The Labute approximate surface area is 122 Å². The number of nitrogens with one attached hydrogen (secondary N) is 1. The number of halogens is 1. The molecule has 1 N–H and O–H groups in total. The van der Waals surface area contributed by atoms with Gasteiger partial charge in [0.1, 0.15) is 11.9 Å². The third-order valence-corrected chi connectivity index (χ3v) is 2.90. The molecule has 0 fully saturated rings. The van der Waals surface area contributed by atoms with E-state index in [1.165, 1.54) is 0 Å². The average Bonchev–Trinajstić information content (AvgIpc) is 2.41. The molecule has 7 nitrogen and oxygen atoms in total. The summed E-state index contributed by atoms with van der Waals surface area (Å²) >= 11 is 2.16. The Kier molecular flexibility index (Phi) is 4.10. The minimum atomic E-state index is -0.582. The summed E-state index contributed by atoms with van der Waals surface area (Å²) in [5.41, 5.74) is -0.280. The third kappa shape index (κ3) is 3.28. The van der Waals surface area contributed by atoms with Gasteiger partial charge in [-0.25, -0.2) is 4.98 Å². The summed E-state index contributed by atoms with van der Waals surface area (Å²) in [5, 5.41) is 13.6. The Bertz CT molecular complexity index is 603. The molecule has 0 atom stereocenters. The van der Waals surface area contributed by atoms with Crippen molar-refractivity contribution in [3.8, 4) is 11.6 Å². The molecule has 0 saturated heterocycles. The van der Waals surface area contributed by atoms with Crippen molar-refractivity contribution in [2.75, 3.05) is 12.4 Å². The summed E-state index contributed by atoms with van der Waals surface area (Å²) < 4.78 is 6.47. The van der Waals surface area contributed by atoms with Gasteiger partial charge in [0, 0.05) is 10.6 Å². The van der Waals surface area contributed by atoms with E-state index in [0.717, 1.165) is 9.77 Å². The van der Waals surface area contributed by atoms with Gasteiger partial charge in [-0.05, 0) is 46.9 Å². The van der Waals surface area contributed by atoms with Crippen LogP contribution in [0, 0.1) is 13.7 Å². The lowest BCUT2D eigenvalue weighted by molar-refractivity contribution is -0.386. The van der Waals surface area contributed by atoms with Gasteiger partial charge in [0.2, 0.25) is 5.95 Å². The molecule has 0 aliphatic carbocycles. The molecule has 0 amide bonds. The molecule has 0 saturated carbocycles. The Morgan fingerprint density at radius 1 is 1.37 bits per heavy atom. The lowest BCUT2D eigenvalue weighted by atomic mass is 10.3. The minimum Gasteiger partial charge on any atom is -0.434 e. The first-order valence-corrected chi connectivity index (χ1v) is 6.30. The number of hydrogen-bond acceptors (Lipinski definition) is 6. The van der Waals surface area contributed by atoms with Gasteiger partial charge in [-0.1, -0.05) is 0 Å². The first-order chi connectivity index (χ1) is 9.10. The zero-order chi connectivity index (χ0) is 13.8. The first kappa shape index (κ1) is 13.5. The number of hydrogen-bond donors (Lipinski definition) is 1. The Morgan fingerprint density at radius 2 is 2.05 bits per heavy atom. The summed E-state index contributed by atoms with van der Waals surface area (Å²) in [6.45, 7) is 0. The van der Waals surface area contributed by atoms with Crippen LogP contribution in [0.25, 0.3) is 0 Å². The van der Waals surface area contributed by atoms with Crippen molar-refractivity contribution in [1.82, 2.24) is 9.97 Å². The maximum Gasteiger partial charge on any atom is 0.349 e. The fourth-order valence-electron chi connectivity index (χ4n) is 1.29. The third-order valence-electron chi connectivity index (χ3n) is 2.18. The second kappa shape index (κ2) is 5.78. The van der Waals surface area contributed by atoms with Crippen molar-refractivity contribution < 1.29 is 9.66 Å². The van der Waals surface area contributed by atoms with Gasteiger partial charge in [0.05, 0.1) is 4.92 Å². The van der Waals surface area contributed by atoms with E-state index in [1.807, 2.05) is 12.1 Å². The van der Waals surface area contributed by atoms with Gasteiger partial charge in [-0.2, -0.15) is 4.98 Å². The summed E-state index contributed by atoms with van der Waals surface area (Å²) in [5.74, 6) is 0.640. The van der Waals surface area contributed by atoms with E-state index < -0.39 is 4.92 Å². The number of nitro groups is 1. The Balaban J connectivity index is 2.36. The fourth-order valence-corrected chi connectivity index (χ4v) is 1.65. The summed E-state index contributed by atoms with van der Waals surface area (Å²) in [4.78, 5) is 18.0. The van der Waals surface area contributed by atoms with Gasteiger partial charge >= 0.3 is 11.6 Å². The van der Waals surface area contributed by atoms with E-state index in [2.05, 4.69) is 37.9 Å².